The van der Waals surface area contributed by atoms with Gasteiger partial charge in [0.25, 0.3) is 5.91 Å². The van der Waals surface area contributed by atoms with Gasteiger partial charge in [0.1, 0.15) is 11.6 Å². The first-order valence-electron chi connectivity index (χ1n) is 10.2. The number of hydrogen-bond donors (Lipinski definition) is 1. The number of amides is 1. The first kappa shape index (κ1) is 19.6. The molecule has 2 aromatic rings. The smallest absolute Gasteiger partial charge is 0.287 e. The van der Waals surface area contributed by atoms with E-state index in [0.717, 1.165) is 44.8 Å². The summed E-state index contributed by atoms with van der Waals surface area (Å²) in [6, 6.07) is 6.58. The van der Waals surface area contributed by atoms with Crippen molar-refractivity contribution in [3.8, 4) is 0 Å². The number of ketones is 1. The molecule has 0 spiro atoms. The lowest BCUT2D eigenvalue weighted by molar-refractivity contribution is 0.0914. The summed E-state index contributed by atoms with van der Waals surface area (Å²) in [5.74, 6) is 0.521. The molecule has 1 amide bonds. The van der Waals surface area contributed by atoms with Gasteiger partial charge in [0.2, 0.25) is 0 Å². The molecule has 2 heterocycles. The predicted molar refractivity (Wildman–Crippen MR) is 108 cm³/mol. The minimum Gasteiger partial charge on any atom is -0.455 e. The Morgan fingerprint density at radius 3 is 2.55 bits per heavy atom. The zero-order valence-corrected chi connectivity index (χ0v) is 16.7. The number of piperazine rings is 1. The summed E-state index contributed by atoms with van der Waals surface area (Å²) in [5, 5.41) is 2.92. The number of hydrogen-bond acceptors (Lipinski definition) is 5. The Labute approximate surface area is 169 Å². The SMILES string of the molecule is Cc1c(C(=O)NCCN2CCN(c3ccc(F)cc3)CC2)oc2c1C(=O)CCC2. The van der Waals surface area contributed by atoms with Crippen LogP contribution < -0.4 is 10.2 Å². The highest BCUT2D eigenvalue weighted by atomic mass is 19.1. The van der Waals surface area contributed by atoms with Crippen LogP contribution in [0.15, 0.2) is 28.7 Å². The standard InChI is InChI=1S/C22H26FN3O3/c1-15-20-18(27)3-2-4-19(20)29-21(15)22(28)24-9-10-25-11-13-26(14-12-25)17-7-5-16(23)6-8-17/h5-8H,2-4,9-14H2,1H3,(H,24,28). The number of furan rings is 1. The van der Waals surface area contributed by atoms with Gasteiger partial charge in [0, 0.05) is 63.4 Å². The molecule has 1 N–H and O–H groups in total. The number of Topliss-reactive ketones (excluding diaryl/α,β-unsaturated/α-hetero) is 1. The molecule has 1 aromatic heterocycles. The summed E-state index contributed by atoms with van der Waals surface area (Å²) in [7, 11) is 0. The molecule has 4 rings (SSSR count). The first-order chi connectivity index (χ1) is 14.0. The van der Waals surface area contributed by atoms with Crippen LogP contribution in [0.2, 0.25) is 0 Å². The predicted octanol–water partition coefficient (Wildman–Crippen LogP) is 2.80. The van der Waals surface area contributed by atoms with Crippen molar-refractivity contribution in [2.75, 3.05) is 44.2 Å². The monoisotopic (exact) mass is 399 g/mol. The fourth-order valence-electron chi connectivity index (χ4n) is 4.15. The van der Waals surface area contributed by atoms with E-state index in [9.17, 15) is 14.0 Å². The van der Waals surface area contributed by atoms with Crippen LogP contribution in [0.3, 0.4) is 0 Å². The summed E-state index contributed by atoms with van der Waals surface area (Å²) in [6.45, 7) is 6.56. The van der Waals surface area contributed by atoms with Crippen LogP contribution in [0.5, 0.6) is 0 Å². The van der Waals surface area contributed by atoms with Crippen molar-refractivity contribution in [2.45, 2.75) is 26.2 Å². The molecule has 0 radical (unpaired) electrons. The number of aryl methyl sites for hydroxylation is 1. The molecule has 0 saturated carbocycles. The summed E-state index contributed by atoms with van der Waals surface area (Å²) in [5.41, 5.74) is 2.31. The Hall–Kier alpha value is -2.67. The van der Waals surface area contributed by atoms with E-state index in [1.807, 2.05) is 0 Å². The van der Waals surface area contributed by atoms with Gasteiger partial charge < -0.3 is 14.6 Å². The Morgan fingerprint density at radius 1 is 1.14 bits per heavy atom. The number of halogens is 1. The van der Waals surface area contributed by atoms with Crippen molar-refractivity contribution in [1.82, 2.24) is 10.2 Å². The van der Waals surface area contributed by atoms with E-state index in [2.05, 4.69) is 15.1 Å². The first-order valence-corrected chi connectivity index (χ1v) is 10.2. The Balaban J connectivity index is 1.25. The van der Waals surface area contributed by atoms with Crippen LogP contribution in [-0.2, 0) is 6.42 Å². The van der Waals surface area contributed by atoms with E-state index in [0.29, 0.717) is 36.3 Å². The average molecular weight is 399 g/mol. The second kappa shape index (κ2) is 8.37. The van der Waals surface area contributed by atoms with E-state index in [1.165, 1.54) is 12.1 Å². The van der Waals surface area contributed by atoms with Gasteiger partial charge in [-0.3, -0.25) is 14.5 Å². The normalized spacial score (nSPS) is 17.3. The molecule has 0 unspecified atom stereocenters. The molecule has 1 aliphatic heterocycles. The highest BCUT2D eigenvalue weighted by molar-refractivity contribution is 6.03. The van der Waals surface area contributed by atoms with E-state index < -0.39 is 0 Å². The van der Waals surface area contributed by atoms with Crippen LogP contribution >= 0.6 is 0 Å². The molecule has 7 heteroatoms. The molecule has 2 aliphatic rings. The van der Waals surface area contributed by atoms with Gasteiger partial charge in [0.05, 0.1) is 5.56 Å². The molecule has 154 valence electrons. The Morgan fingerprint density at radius 2 is 1.86 bits per heavy atom. The van der Waals surface area contributed by atoms with Crippen molar-refractivity contribution in [2.24, 2.45) is 0 Å². The molecular weight excluding hydrogens is 373 g/mol. The third-order valence-electron chi connectivity index (χ3n) is 5.79. The third kappa shape index (κ3) is 4.19. The highest BCUT2D eigenvalue weighted by Crippen LogP contribution is 2.29. The van der Waals surface area contributed by atoms with Gasteiger partial charge >= 0.3 is 0 Å². The van der Waals surface area contributed by atoms with Crippen LogP contribution in [0, 0.1) is 12.7 Å². The summed E-state index contributed by atoms with van der Waals surface area (Å²) < 4.78 is 18.8. The largest absolute Gasteiger partial charge is 0.455 e. The average Bonchev–Trinajstić information content (AvgIpc) is 3.07. The molecule has 29 heavy (non-hydrogen) atoms. The highest BCUT2D eigenvalue weighted by Gasteiger charge is 2.28. The third-order valence-corrected chi connectivity index (χ3v) is 5.79. The van der Waals surface area contributed by atoms with Gasteiger partial charge in [-0.05, 0) is 37.6 Å². The van der Waals surface area contributed by atoms with Crippen molar-refractivity contribution < 1.29 is 18.4 Å². The minimum atomic E-state index is -0.255. The van der Waals surface area contributed by atoms with Gasteiger partial charge in [-0.25, -0.2) is 4.39 Å². The quantitative estimate of drug-likeness (QED) is 0.838. The molecular formula is C22H26FN3O3. The van der Waals surface area contributed by atoms with Gasteiger partial charge in [-0.1, -0.05) is 0 Å². The van der Waals surface area contributed by atoms with Crippen molar-refractivity contribution >= 4 is 17.4 Å². The summed E-state index contributed by atoms with van der Waals surface area (Å²) >= 11 is 0. The maximum absolute atomic E-state index is 13.1. The van der Waals surface area contributed by atoms with E-state index in [1.54, 1.807) is 19.1 Å². The van der Waals surface area contributed by atoms with E-state index in [4.69, 9.17) is 4.42 Å². The van der Waals surface area contributed by atoms with Gasteiger partial charge in [-0.2, -0.15) is 0 Å². The van der Waals surface area contributed by atoms with Crippen molar-refractivity contribution in [1.29, 1.82) is 0 Å². The van der Waals surface area contributed by atoms with Gasteiger partial charge in [-0.15, -0.1) is 0 Å². The van der Waals surface area contributed by atoms with Crippen molar-refractivity contribution in [3.05, 3.63) is 52.7 Å². The molecule has 1 aliphatic carbocycles. The number of carbonyl (C=O) groups excluding carboxylic acids is 2. The van der Waals surface area contributed by atoms with Crippen molar-refractivity contribution in [3.63, 3.8) is 0 Å². The number of anilines is 1. The zero-order valence-electron chi connectivity index (χ0n) is 16.7. The molecule has 1 aromatic carbocycles. The second-order valence-electron chi connectivity index (χ2n) is 7.69. The maximum atomic E-state index is 13.1. The number of carbonyl (C=O) groups is 2. The second-order valence-corrected chi connectivity index (χ2v) is 7.69. The zero-order chi connectivity index (χ0) is 20.4. The van der Waals surface area contributed by atoms with Crippen LogP contribution in [0.4, 0.5) is 10.1 Å². The topological polar surface area (TPSA) is 65.8 Å². The summed E-state index contributed by atoms with van der Waals surface area (Å²) in [6.07, 6.45) is 2.02. The van der Waals surface area contributed by atoms with E-state index >= 15 is 0 Å². The summed E-state index contributed by atoms with van der Waals surface area (Å²) in [4.78, 5) is 29.1. The molecule has 1 fully saturated rings. The number of benzene rings is 1. The molecule has 0 bridgehead atoms. The lowest BCUT2D eigenvalue weighted by atomic mass is 9.94. The number of rotatable bonds is 5. The number of fused-ring (bicyclic) bond motifs is 1. The maximum Gasteiger partial charge on any atom is 0.287 e. The number of nitrogens with zero attached hydrogens (tertiary/aromatic N) is 2. The van der Waals surface area contributed by atoms with Gasteiger partial charge in [0.15, 0.2) is 11.5 Å². The number of nitrogens with one attached hydrogen (secondary N) is 1. The molecule has 6 nitrogen and oxygen atoms in total. The fraction of sp³-hybridized carbons (Fsp3) is 0.455. The lowest BCUT2D eigenvalue weighted by Gasteiger charge is -2.36. The molecule has 0 atom stereocenters. The molecule has 1 saturated heterocycles. The van der Waals surface area contributed by atoms with Crippen LogP contribution in [0.25, 0.3) is 0 Å². The van der Waals surface area contributed by atoms with Crippen LogP contribution in [-0.4, -0.2) is 55.9 Å². The lowest BCUT2D eigenvalue weighted by Crippen LogP contribution is -2.48. The van der Waals surface area contributed by atoms with Crippen LogP contribution in [0.1, 0.15) is 45.1 Å². The Bertz CT molecular complexity index is 899. The Kier molecular flexibility index (Phi) is 5.67. The minimum absolute atomic E-state index is 0.0746. The van der Waals surface area contributed by atoms with E-state index in [-0.39, 0.29) is 23.3 Å². The fourth-order valence-corrected chi connectivity index (χ4v) is 4.15.